The molecule has 3 heterocycles. The third-order valence-electron chi connectivity index (χ3n) is 6.39. The average Bonchev–Trinajstić information content (AvgIpc) is 3.19. The minimum absolute atomic E-state index is 0.0405. The Labute approximate surface area is 205 Å². The number of ether oxygens (including phenoxy) is 2. The average molecular weight is 487 g/mol. The molecule has 1 N–H and O–H groups in total. The molecular weight excluding hydrogens is 452 g/mol. The number of thiophene rings is 1. The number of carbonyl (C=O) groups is 2. The summed E-state index contributed by atoms with van der Waals surface area (Å²) in [5.74, 6) is -0.122. The van der Waals surface area contributed by atoms with Gasteiger partial charge in [0.25, 0.3) is 5.91 Å². The molecule has 0 bridgehead atoms. The maximum Gasteiger partial charge on any atom is 0.257 e. The molecule has 184 valence electrons. The number of nitrogens with one attached hydrogen (secondary N) is 1. The van der Waals surface area contributed by atoms with Crippen molar-refractivity contribution in [3.63, 3.8) is 0 Å². The molecule has 4 rings (SSSR count). The summed E-state index contributed by atoms with van der Waals surface area (Å²) >= 11 is 1.48. The minimum atomic E-state index is -0.0813. The van der Waals surface area contributed by atoms with E-state index in [-0.39, 0.29) is 11.8 Å². The molecule has 2 saturated heterocycles. The van der Waals surface area contributed by atoms with E-state index in [0.717, 1.165) is 55.3 Å². The first-order valence-electron chi connectivity index (χ1n) is 11.9. The SMILES string of the molecule is COCCN1CCN(CC(=O)Nc2sc(-c3ccccc3)c(C)c2C(=O)N2CCOCC2)CC1. The van der Waals surface area contributed by atoms with Gasteiger partial charge in [-0.2, -0.15) is 0 Å². The lowest BCUT2D eigenvalue weighted by Crippen LogP contribution is -2.49. The van der Waals surface area contributed by atoms with Gasteiger partial charge in [0.15, 0.2) is 0 Å². The van der Waals surface area contributed by atoms with Gasteiger partial charge in [0.1, 0.15) is 5.00 Å². The molecule has 8 nitrogen and oxygen atoms in total. The van der Waals surface area contributed by atoms with Crippen LogP contribution in [0.1, 0.15) is 15.9 Å². The Bertz CT molecular complexity index is 967. The zero-order valence-corrected chi connectivity index (χ0v) is 20.9. The lowest BCUT2D eigenvalue weighted by molar-refractivity contribution is -0.117. The molecule has 2 aromatic rings. The van der Waals surface area contributed by atoms with Gasteiger partial charge in [0.2, 0.25) is 5.91 Å². The van der Waals surface area contributed by atoms with Crippen LogP contribution in [0.15, 0.2) is 30.3 Å². The molecule has 0 saturated carbocycles. The van der Waals surface area contributed by atoms with Crippen molar-refractivity contribution in [2.75, 3.05) is 84.6 Å². The molecule has 0 unspecified atom stereocenters. The van der Waals surface area contributed by atoms with Gasteiger partial charge in [-0.25, -0.2) is 0 Å². The van der Waals surface area contributed by atoms with Crippen LogP contribution in [0.25, 0.3) is 10.4 Å². The molecule has 1 aromatic carbocycles. The molecule has 2 fully saturated rings. The van der Waals surface area contributed by atoms with Crippen LogP contribution in [0.5, 0.6) is 0 Å². The highest BCUT2D eigenvalue weighted by atomic mass is 32.1. The monoisotopic (exact) mass is 486 g/mol. The second-order valence-corrected chi connectivity index (χ2v) is 9.71. The Balaban J connectivity index is 1.48. The third kappa shape index (κ3) is 6.03. The Morgan fingerprint density at radius 2 is 1.71 bits per heavy atom. The summed E-state index contributed by atoms with van der Waals surface area (Å²) in [5, 5.41) is 3.72. The van der Waals surface area contributed by atoms with E-state index in [9.17, 15) is 9.59 Å². The lowest BCUT2D eigenvalue weighted by atomic mass is 10.1. The van der Waals surface area contributed by atoms with Gasteiger partial charge in [-0.1, -0.05) is 30.3 Å². The molecule has 1 aromatic heterocycles. The number of piperazine rings is 1. The predicted octanol–water partition coefficient (Wildman–Crippen LogP) is 2.40. The fourth-order valence-electron chi connectivity index (χ4n) is 4.41. The molecule has 0 atom stereocenters. The maximum absolute atomic E-state index is 13.5. The van der Waals surface area contributed by atoms with E-state index in [1.165, 1.54) is 11.3 Å². The van der Waals surface area contributed by atoms with Crippen LogP contribution in [0.3, 0.4) is 0 Å². The summed E-state index contributed by atoms with van der Waals surface area (Å²) in [6.07, 6.45) is 0. The summed E-state index contributed by atoms with van der Waals surface area (Å²) in [6.45, 7) is 9.68. The molecule has 2 aliphatic rings. The van der Waals surface area contributed by atoms with Crippen molar-refractivity contribution in [1.29, 1.82) is 0 Å². The van der Waals surface area contributed by atoms with E-state index < -0.39 is 0 Å². The van der Waals surface area contributed by atoms with E-state index in [0.29, 0.717) is 43.4 Å². The largest absolute Gasteiger partial charge is 0.383 e. The molecule has 0 aliphatic carbocycles. The normalized spacial score (nSPS) is 17.6. The molecular formula is C25H34N4O4S. The van der Waals surface area contributed by atoms with Crippen molar-refractivity contribution in [3.8, 4) is 10.4 Å². The Morgan fingerprint density at radius 3 is 2.38 bits per heavy atom. The standard InChI is InChI=1S/C25H34N4O4S/c1-19-22(25(31)29-13-16-33-17-14-29)24(34-23(19)20-6-4-3-5-7-20)26-21(30)18-28-10-8-27(9-11-28)12-15-32-2/h3-7H,8-18H2,1-2H3,(H,26,30). The number of nitrogens with zero attached hydrogens (tertiary/aromatic N) is 3. The van der Waals surface area contributed by atoms with Crippen molar-refractivity contribution in [3.05, 3.63) is 41.5 Å². The quantitative estimate of drug-likeness (QED) is 0.618. The second kappa shape index (κ2) is 11.9. The van der Waals surface area contributed by atoms with Crippen LogP contribution < -0.4 is 5.32 Å². The number of benzene rings is 1. The van der Waals surface area contributed by atoms with E-state index in [2.05, 4.69) is 15.1 Å². The highest BCUT2D eigenvalue weighted by Crippen LogP contribution is 2.40. The molecule has 0 spiro atoms. The zero-order chi connectivity index (χ0) is 23.9. The first-order valence-corrected chi connectivity index (χ1v) is 12.7. The van der Waals surface area contributed by atoms with Crippen molar-refractivity contribution in [2.45, 2.75) is 6.92 Å². The minimum Gasteiger partial charge on any atom is -0.383 e. The van der Waals surface area contributed by atoms with Crippen LogP contribution in [0, 0.1) is 6.92 Å². The van der Waals surface area contributed by atoms with Crippen LogP contribution in [-0.4, -0.2) is 106 Å². The van der Waals surface area contributed by atoms with Crippen molar-refractivity contribution in [1.82, 2.24) is 14.7 Å². The molecule has 34 heavy (non-hydrogen) atoms. The smallest absolute Gasteiger partial charge is 0.257 e. The van der Waals surface area contributed by atoms with Gasteiger partial charge in [0, 0.05) is 57.8 Å². The Morgan fingerprint density at radius 1 is 1.03 bits per heavy atom. The number of methoxy groups -OCH3 is 1. The van der Waals surface area contributed by atoms with Gasteiger partial charge in [-0.3, -0.25) is 19.4 Å². The van der Waals surface area contributed by atoms with Crippen LogP contribution >= 0.6 is 11.3 Å². The first-order chi connectivity index (χ1) is 16.6. The van der Waals surface area contributed by atoms with Crippen LogP contribution in [0.2, 0.25) is 0 Å². The fraction of sp³-hybridized carbons (Fsp3) is 0.520. The zero-order valence-electron chi connectivity index (χ0n) is 20.0. The van der Waals surface area contributed by atoms with Gasteiger partial charge in [-0.05, 0) is 18.1 Å². The summed E-state index contributed by atoms with van der Waals surface area (Å²) in [7, 11) is 1.72. The number of carbonyl (C=O) groups excluding carboxylic acids is 2. The highest BCUT2D eigenvalue weighted by Gasteiger charge is 2.28. The summed E-state index contributed by atoms with van der Waals surface area (Å²) in [4.78, 5) is 33.9. The lowest BCUT2D eigenvalue weighted by Gasteiger charge is -2.34. The second-order valence-electron chi connectivity index (χ2n) is 8.69. The van der Waals surface area contributed by atoms with Crippen molar-refractivity contribution in [2.24, 2.45) is 0 Å². The Hall–Kier alpha value is -2.30. The molecule has 9 heteroatoms. The summed E-state index contributed by atoms with van der Waals surface area (Å²) in [5.41, 5.74) is 2.56. The van der Waals surface area contributed by atoms with Crippen molar-refractivity contribution < 1.29 is 19.1 Å². The predicted molar refractivity (Wildman–Crippen MR) is 135 cm³/mol. The number of hydrogen-bond acceptors (Lipinski definition) is 7. The van der Waals surface area contributed by atoms with E-state index in [1.54, 1.807) is 7.11 Å². The third-order valence-corrected chi connectivity index (χ3v) is 7.65. The van der Waals surface area contributed by atoms with E-state index >= 15 is 0 Å². The number of morpholine rings is 1. The van der Waals surface area contributed by atoms with Crippen LogP contribution in [0.4, 0.5) is 5.00 Å². The maximum atomic E-state index is 13.5. The first kappa shape index (κ1) is 24.8. The highest BCUT2D eigenvalue weighted by molar-refractivity contribution is 7.20. The molecule has 2 aliphatic heterocycles. The van der Waals surface area contributed by atoms with E-state index in [4.69, 9.17) is 9.47 Å². The van der Waals surface area contributed by atoms with Gasteiger partial charge in [0.05, 0.1) is 31.9 Å². The number of rotatable bonds is 8. The van der Waals surface area contributed by atoms with Gasteiger partial charge in [-0.15, -0.1) is 11.3 Å². The molecule has 2 amide bonds. The number of anilines is 1. The summed E-state index contributed by atoms with van der Waals surface area (Å²) < 4.78 is 10.6. The molecule has 0 radical (unpaired) electrons. The van der Waals surface area contributed by atoms with Crippen molar-refractivity contribution >= 4 is 28.2 Å². The number of amides is 2. The fourth-order valence-corrected chi connectivity index (χ4v) is 5.63. The van der Waals surface area contributed by atoms with Gasteiger partial charge < -0.3 is 19.7 Å². The van der Waals surface area contributed by atoms with Crippen LogP contribution in [-0.2, 0) is 14.3 Å². The topological polar surface area (TPSA) is 74.4 Å². The number of hydrogen-bond donors (Lipinski definition) is 1. The van der Waals surface area contributed by atoms with Gasteiger partial charge >= 0.3 is 0 Å². The summed E-state index contributed by atoms with van der Waals surface area (Å²) in [6, 6.07) is 10.0. The van der Waals surface area contributed by atoms with E-state index in [1.807, 2.05) is 42.2 Å². The Kier molecular flexibility index (Phi) is 8.69.